The lowest BCUT2D eigenvalue weighted by molar-refractivity contribution is -0.146. The van der Waals surface area contributed by atoms with Crippen LogP contribution in [0.2, 0.25) is 0 Å². The summed E-state index contributed by atoms with van der Waals surface area (Å²) in [5.74, 6) is 0.791. The number of guanidine groups is 1. The highest BCUT2D eigenvalue weighted by atomic mass is 16.5. The van der Waals surface area contributed by atoms with Gasteiger partial charge in [0.1, 0.15) is 0 Å². The Kier molecular flexibility index (Phi) is 5.53. The molecular weight excluding hydrogens is 318 g/mol. The molecule has 0 spiro atoms. The summed E-state index contributed by atoms with van der Waals surface area (Å²) in [6.07, 6.45) is 3.48. The molecule has 1 N–H and O–H groups in total. The zero-order valence-corrected chi connectivity index (χ0v) is 14.8. The summed E-state index contributed by atoms with van der Waals surface area (Å²) >= 11 is 0. The van der Waals surface area contributed by atoms with Gasteiger partial charge in [-0.1, -0.05) is 12.1 Å². The number of imidazole rings is 1. The van der Waals surface area contributed by atoms with E-state index in [1.165, 1.54) is 7.11 Å². The minimum atomic E-state index is -0.102. The minimum absolute atomic E-state index is 0.0108. The van der Waals surface area contributed by atoms with Crippen LogP contribution in [0.3, 0.4) is 0 Å². The van der Waals surface area contributed by atoms with E-state index >= 15 is 0 Å². The van der Waals surface area contributed by atoms with Gasteiger partial charge in [0.05, 0.1) is 30.4 Å². The molecular formula is C18H25N5O2. The fraction of sp³-hybridized carbons (Fsp3) is 0.500. The van der Waals surface area contributed by atoms with Gasteiger partial charge in [-0.3, -0.25) is 9.79 Å². The number of nitrogens with one attached hydrogen (secondary N) is 1. The van der Waals surface area contributed by atoms with Gasteiger partial charge in [0.15, 0.2) is 5.96 Å². The zero-order valence-electron chi connectivity index (χ0n) is 14.8. The van der Waals surface area contributed by atoms with Gasteiger partial charge in [0, 0.05) is 33.2 Å². The van der Waals surface area contributed by atoms with Gasteiger partial charge in [-0.15, -0.1) is 0 Å². The topological polar surface area (TPSA) is 71.8 Å². The second kappa shape index (κ2) is 8.00. The highest BCUT2D eigenvalue weighted by molar-refractivity contribution is 5.80. The predicted octanol–water partition coefficient (Wildman–Crippen LogP) is 1.50. The van der Waals surface area contributed by atoms with E-state index in [1.807, 2.05) is 24.5 Å². The molecule has 25 heavy (non-hydrogen) atoms. The second-order valence-corrected chi connectivity index (χ2v) is 6.19. The summed E-state index contributed by atoms with van der Waals surface area (Å²) in [6.45, 7) is 3.21. The van der Waals surface area contributed by atoms with Gasteiger partial charge in [-0.2, -0.15) is 0 Å². The van der Waals surface area contributed by atoms with Crippen molar-refractivity contribution < 1.29 is 9.53 Å². The quantitative estimate of drug-likeness (QED) is 0.517. The van der Waals surface area contributed by atoms with Crippen LogP contribution in [-0.4, -0.2) is 60.2 Å². The Bertz CT molecular complexity index is 747. The van der Waals surface area contributed by atoms with Gasteiger partial charge >= 0.3 is 5.97 Å². The lowest BCUT2D eigenvalue weighted by atomic mass is 9.97. The third kappa shape index (κ3) is 3.92. The molecule has 0 atom stereocenters. The average Bonchev–Trinajstić information content (AvgIpc) is 3.08. The van der Waals surface area contributed by atoms with Crippen LogP contribution in [0.5, 0.6) is 0 Å². The number of aliphatic imine (C=N–C) groups is 1. The first kappa shape index (κ1) is 17.3. The number of benzene rings is 1. The van der Waals surface area contributed by atoms with Gasteiger partial charge in [0.2, 0.25) is 0 Å². The molecule has 1 fully saturated rings. The maximum absolute atomic E-state index is 11.6. The van der Waals surface area contributed by atoms with E-state index in [0.717, 1.165) is 56.0 Å². The number of fused-ring (bicyclic) bond motifs is 1. The zero-order chi connectivity index (χ0) is 17.6. The van der Waals surface area contributed by atoms with Crippen LogP contribution in [0.25, 0.3) is 11.0 Å². The molecule has 1 aromatic carbocycles. The van der Waals surface area contributed by atoms with Gasteiger partial charge in [-0.05, 0) is 25.0 Å². The molecule has 1 aliphatic rings. The summed E-state index contributed by atoms with van der Waals surface area (Å²) < 4.78 is 6.98. The number of nitrogens with zero attached hydrogens (tertiary/aromatic N) is 4. The molecule has 0 radical (unpaired) electrons. The Hall–Kier alpha value is -2.57. The number of aromatic nitrogens is 2. The maximum Gasteiger partial charge on any atom is 0.308 e. The van der Waals surface area contributed by atoms with Gasteiger partial charge < -0.3 is 19.5 Å². The smallest absolute Gasteiger partial charge is 0.308 e. The molecule has 134 valence electrons. The van der Waals surface area contributed by atoms with E-state index < -0.39 is 0 Å². The van der Waals surface area contributed by atoms with Crippen LogP contribution < -0.4 is 5.32 Å². The van der Waals surface area contributed by atoms with Gasteiger partial charge in [0.25, 0.3) is 0 Å². The number of para-hydroxylation sites is 2. The number of ether oxygens (including phenoxy) is 1. The molecule has 1 saturated heterocycles. The Morgan fingerprint density at radius 2 is 2.12 bits per heavy atom. The first-order chi connectivity index (χ1) is 12.2. The molecule has 0 unspecified atom stereocenters. The van der Waals surface area contributed by atoms with Crippen molar-refractivity contribution in [2.24, 2.45) is 10.9 Å². The van der Waals surface area contributed by atoms with Crippen molar-refractivity contribution in [1.82, 2.24) is 19.8 Å². The first-order valence-corrected chi connectivity index (χ1v) is 8.66. The van der Waals surface area contributed by atoms with E-state index in [1.54, 1.807) is 7.05 Å². The molecule has 1 aliphatic heterocycles. The molecule has 0 saturated carbocycles. The third-order valence-corrected chi connectivity index (χ3v) is 4.70. The van der Waals surface area contributed by atoms with E-state index in [-0.39, 0.29) is 11.9 Å². The summed E-state index contributed by atoms with van der Waals surface area (Å²) in [6, 6.07) is 8.12. The van der Waals surface area contributed by atoms with Crippen LogP contribution in [0.4, 0.5) is 0 Å². The molecule has 0 aliphatic carbocycles. The molecule has 7 nitrogen and oxygen atoms in total. The van der Waals surface area contributed by atoms with Crippen molar-refractivity contribution in [2.45, 2.75) is 19.4 Å². The molecule has 0 amide bonds. The highest BCUT2D eigenvalue weighted by Crippen LogP contribution is 2.18. The number of methoxy groups -OCH3 is 1. The van der Waals surface area contributed by atoms with Crippen molar-refractivity contribution in [2.75, 3.05) is 33.8 Å². The van der Waals surface area contributed by atoms with E-state index in [2.05, 4.69) is 30.8 Å². The normalized spacial score (nSPS) is 16.2. The minimum Gasteiger partial charge on any atom is -0.469 e. The Morgan fingerprint density at radius 1 is 1.36 bits per heavy atom. The number of piperidine rings is 1. The number of hydrogen-bond donors (Lipinski definition) is 1. The predicted molar refractivity (Wildman–Crippen MR) is 97.4 cm³/mol. The Labute approximate surface area is 147 Å². The van der Waals surface area contributed by atoms with E-state index in [4.69, 9.17) is 4.74 Å². The van der Waals surface area contributed by atoms with E-state index in [0.29, 0.717) is 0 Å². The number of hydrogen-bond acceptors (Lipinski definition) is 4. The Morgan fingerprint density at radius 3 is 2.84 bits per heavy atom. The lowest BCUT2D eigenvalue weighted by Gasteiger charge is -2.33. The number of carbonyl (C=O) groups is 1. The van der Waals surface area contributed by atoms with Crippen LogP contribution in [0.1, 0.15) is 12.8 Å². The standard InChI is InChI=1S/C18H25N5O2/c1-19-18(22-10-7-14(8-11-22)17(24)25-2)20-9-12-23-13-21-15-5-3-4-6-16(15)23/h3-6,13-14H,7-12H2,1-2H3,(H,19,20). The van der Waals surface area contributed by atoms with Gasteiger partial charge in [-0.25, -0.2) is 4.98 Å². The fourth-order valence-corrected chi connectivity index (χ4v) is 3.30. The lowest BCUT2D eigenvalue weighted by Crippen LogP contribution is -2.47. The highest BCUT2D eigenvalue weighted by Gasteiger charge is 2.26. The molecule has 7 heteroatoms. The van der Waals surface area contributed by atoms with Crippen molar-refractivity contribution in [3.8, 4) is 0 Å². The first-order valence-electron chi connectivity index (χ1n) is 8.66. The maximum atomic E-state index is 11.6. The van der Waals surface area contributed by atoms with Crippen molar-refractivity contribution in [1.29, 1.82) is 0 Å². The average molecular weight is 343 g/mol. The number of likely N-dealkylation sites (tertiary alicyclic amines) is 1. The van der Waals surface area contributed by atoms with Crippen molar-refractivity contribution in [3.05, 3.63) is 30.6 Å². The van der Waals surface area contributed by atoms with Crippen LogP contribution in [0, 0.1) is 5.92 Å². The monoisotopic (exact) mass is 343 g/mol. The second-order valence-electron chi connectivity index (χ2n) is 6.19. The fourth-order valence-electron chi connectivity index (χ4n) is 3.30. The summed E-state index contributed by atoms with van der Waals surface area (Å²) in [4.78, 5) is 22.6. The van der Waals surface area contributed by atoms with Crippen molar-refractivity contribution >= 4 is 23.0 Å². The summed E-state index contributed by atoms with van der Waals surface area (Å²) in [5.41, 5.74) is 2.15. The van der Waals surface area contributed by atoms with Crippen LogP contribution >= 0.6 is 0 Å². The summed E-state index contributed by atoms with van der Waals surface area (Å²) in [7, 11) is 3.25. The van der Waals surface area contributed by atoms with E-state index in [9.17, 15) is 4.79 Å². The number of esters is 1. The number of carbonyl (C=O) groups excluding carboxylic acids is 1. The SMILES string of the molecule is CN=C(NCCn1cnc2ccccc21)N1CCC(C(=O)OC)CC1. The third-order valence-electron chi connectivity index (χ3n) is 4.70. The number of rotatable bonds is 4. The molecule has 0 bridgehead atoms. The molecule has 3 rings (SSSR count). The van der Waals surface area contributed by atoms with Crippen molar-refractivity contribution in [3.63, 3.8) is 0 Å². The van der Waals surface area contributed by atoms with Crippen LogP contribution in [-0.2, 0) is 16.1 Å². The summed E-state index contributed by atoms with van der Waals surface area (Å²) in [5, 5.41) is 3.41. The molecule has 2 heterocycles. The molecule has 2 aromatic rings. The Balaban J connectivity index is 1.51. The largest absolute Gasteiger partial charge is 0.469 e. The molecule has 1 aromatic heterocycles. The van der Waals surface area contributed by atoms with Crippen LogP contribution in [0.15, 0.2) is 35.6 Å².